The topological polar surface area (TPSA) is 21.3 Å². The zero-order chi connectivity index (χ0) is 14.4. The van der Waals surface area contributed by atoms with E-state index in [1.165, 1.54) is 5.56 Å². The van der Waals surface area contributed by atoms with E-state index in [9.17, 15) is 0 Å². The summed E-state index contributed by atoms with van der Waals surface area (Å²) < 4.78 is 5.45. The summed E-state index contributed by atoms with van der Waals surface area (Å²) in [6.07, 6.45) is 1.01. The van der Waals surface area contributed by atoms with E-state index < -0.39 is 0 Å². The summed E-state index contributed by atoms with van der Waals surface area (Å²) in [5, 5.41) is 4.15. The van der Waals surface area contributed by atoms with E-state index in [-0.39, 0.29) is 6.04 Å². The van der Waals surface area contributed by atoms with Crippen LogP contribution in [0.3, 0.4) is 0 Å². The number of anilines is 1. The number of ether oxygens (including phenoxy) is 1. The average Bonchev–Trinajstić information content (AvgIpc) is 2.48. The molecule has 1 unspecified atom stereocenters. The molecule has 20 heavy (non-hydrogen) atoms. The molecule has 0 fully saturated rings. The molecular formula is C17H20ClNO. The van der Waals surface area contributed by atoms with Crippen molar-refractivity contribution in [2.24, 2.45) is 0 Å². The molecule has 0 radical (unpaired) electrons. The first kappa shape index (κ1) is 14.7. The lowest BCUT2D eigenvalue weighted by atomic mass is 10.0. The normalized spacial score (nSPS) is 11.9. The first-order chi connectivity index (χ1) is 9.74. The molecule has 3 heteroatoms. The van der Waals surface area contributed by atoms with Crippen LogP contribution in [0.1, 0.15) is 31.9 Å². The molecule has 2 aromatic rings. The van der Waals surface area contributed by atoms with Crippen molar-refractivity contribution in [3.63, 3.8) is 0 Å². The first-order valence-corrected chi connectivity index (χ1v) is 7.36. The maximum Gasteiger partial charge on any atom is 0.138 e. The molecule has 1 N–H and O–H groups in total. The number of nitrogens with one attached hydrogen (secondary N) is 1. The Bertz CT molecular complexity index is 542. The van der Waals surface area contributed by atoms with E-state index in [2.05, 4.69) is 36.5 Å². The minimum atomic E-state index is 0.283. The Kier molecular flexibility index (Phi) is 5.31. The summed E-state index contributed by atoms with van der Waals surface area (Å²) in [4.78, 5) is 0. The van der Waals surface area contributed by atoms with Crippen molar-refractivity contribution in [3.8, 4) is 5.75 Å². The van der Waals surface area contributed by atoms with Crippen molar-refractivity contribution >= 4 is 17.3 Å². The third-order valence-corrected chi connectivity index (χ3v) is 3.48. The zero-order valence-electron chi connectivity index (χ0n) is 11.9. The van der Waals surface area contributed by atoms with Crippen LogP contribution in [0.15, 0.2) is 48.5 Å². The van der Waals surface area contributed by atoms with Gasteiger partial charge in [0.1, 0.15) is 5.75 Å². The second-order valence-electron chi connectivity index (χ2n) is 4.59. The molecular weight excluding hydrogens is 270 g/mol. The highest BCUT2D eigenvalue weighted by molar-refractivity contribution is 6.32. The van der Waals surface area contributed by atoms with E-state index in [1.54, 1.807) is 0 Å². The van der Waals surface area contributed by atoms with E-state index in [0.29, 0.717) is 11.6 Å². The fourth-order valence-corrected chi connectivity index (χ4v) is 2.41. The molecule has 0 aromatic heterocycles. The van der Waals surface area contributed by atoms with Gasteiger partial charge in [-0.25, -0.2) is 0 Å². The summed E-state index contributed by atoms with van der Waals surface area (Å²) in [6.45, 7) is 4.74. The van der Waals surface area contributed by atoms with Crippen LogP contribution in [0.4, 0.5) is 5.69 Å². The molecule has 106 valence electrons. The van der Waals surface area contributed by atoms with Gasteiger partial charge in [-0.3, -0.25) is 0 Å². The van der Waals surface area contributed by atoms with Crippen molar-refractivity contribution in [2.75, 3.05) is 11.9 Å². The lowest BCUT2D eigenvalue weighted by Gasteiger charge is -2.19. The average molecular weight is 290 g/mol. The van der Waals surface area contributed by atoms with Crippen LogP contribution in [0.2, 0.25) is 5.02 Å². The second kappa shape index (κ2) is 7.20. The Morgan fingerprint density at radius 1 is 1.10 bits per heavy atom. The fourth-order valence-electron chi connectivity index (χ4n) is 2.17. The van der Waals surface area contributed by atoms with Crippen LogP contribution < -0.4 is 10.1 Å². The molecule has 2 rings (SSSR count). The fraction of sp³-hybridized carbons (Fsp3) is 0.294. The summed E-state index contributed by atoms with van der Waals surface area (Å²) in [5.41, 5.74) is 2.29. The SMILES string of the molecule is CCOc1ccc(NC(CC)c2ccccc2)cc1Cl. The van der Waals surface area contributed by atoms with Gasteiger partial charge in [-0.05, 0) is 37.1 Å². The van der Waals surface area contributed by atoms with Crippen molar-refractivity contribution in [2.45, 2.75) is 26.3 Å². The summed E-state index contributed by atoms with van der Waals surface area (Å²) in [7, 11) is 0. The van der Waals surface area contributed by atoms with Gasteiger partial charge in [-0.1, -0.05) is 48.9 Å². The summed E-state index contributed by atoms with van der Waals surface area (Å²) in [6, 6.07) is 16.5. The summed E-state index contributed by atoms with van der Waals surface area (Å²) in [5.74, 6) is 0.729. The monoisotopic (exact) mass is 289 g/mol. The minimum absolute atomic E-state index is 0.283. The highest BCUT2D eigenvalue weighted by atomic mass is 35.5. The number of halogens is 1. The molecule has 0 aliphatic heterocycles. The van der Waals surface area contributed by atoms with Gasteiger partial charge < -0.3 is 10.1 Å². The van der Waals surface area contributed by atoms with E-state index in [1.807, 2.05) is 31.2 Å². The van der Waals surface area contributed by atoms with Crippen molar-refractivity contribution < 1.29 is 4.74 Å². The first-order valence-electron chi connectivity index (χ1n) is 6.98. The molecule has 2 aromatic carbocycles. The van der Waals surface area contributed by atoms with Crippen LogP contribution in [-0.4, -0.2) is 6.61 Å². The van der Waals surface area contributed by atoms with E-state index in [0.717, 1.165) is 17.9 Å². The highest BCUT2D eigenvalue weighted by Crippen LogP contribution is 2.30. The maximum absolute atomic E-state index is 6.22. The predicted molar refractivity (Wildman–Crippen MR) is 85.7 cm³/mol. The van der Waals surface area contributed by atoms with Gasteiger partial charge in [0.25, 0.3) is 0 Å². The molecule has 0 spiro atoms. The van der Waals surface area contributed by atoms with E-state index in [4.69, 9.17) is 16.3 Å². The Balaban J connectivity index is 2.14. The molecule has 2 nitrogen and oxygen atoms in total. The second-order valence-corrected chi connectivity index (χ2v) is 5.00. The van der Waals surface area contributed by atoms with Gasteiger partial charge >= 0.3 is 0 Å². The molecule has 0 heterocycles. The van der Waals surface area contributed by atoms with Crippen LogP contribution in [0.5, 0.6) is 5.75 Å². The molecule has 0 amide bonds. The van der Waals surface area contributed by atoms with Crippen LogP contribution >= 0.6 is 11.6 Å². The number of benzene rings is 2. The summed E-state index contributed by atoms with van der Waals surface area (Å²) >= 11 is 6.22. The van der Waals surface area contributed by atoms with Crippen LogP contribution in [0.25, 0.3) is 0 Å². The number of hydrogen-bond acceptors (Lipinski definition) is 2. The predicted octanol–water partition coefficient (Wildman–Crippen LogP) is 5.30. The van der Waals surface area contributed by atoms with E-state index >= 15 is 0 Å². The standard InChI is InChI=1S/C17H20ClNO/c1-3-16(13-8-6-5-7-9-13)19-14-10-11-17(20-4-2)15(18)12-14/h5-12,16,19H,3-4H2,1-2H3. The van der Waals surface area contributed by atoms with Gasteiger partial charge in [-0.2, -0.15) is 0 Å². The Morgan fingerprint density at radius 2 is 1.85 bits per heavy atom. The van der Waals surface area contributed by atoms with Crippen molar-refractivity contribution in [1.29, 1.82) is 0 Å². The van der Waals surface area contributed by atoms with Crippen LogP contribution in [-0.2, 0) is 0 Å². The lowest BCUT2D eigenvalue weighted by molar-refractivity contribution is 0.340. The highest BCUT2D eigenvalue weighted by Gasteiger charge is 2.10. The van der Waals surface area contributed by atoms with Gasteiger partial charge in [0, 0.05) is 5.69 Å². The molecule has 0 aliphatic rings. The number of hydrogen-bond donors (Lipinski definition) is 1. The zero-order valence-corrected chi connectivity index (χ0v) is 12.7. The lowest BCUT2D eigenvalue weighted by Crippen LogP contribution is -2.09. The quantitative estimate of drug-likeness (QED) is 0.779. The Morgan fingerprint density at radius 3 is 2.45 bits per heavy atom. The van der Waals surface area contributed by atoms with Crippen molar-refractivity contribution in [1.82, 2.24) is 0 Å². The third kappa shape index (κ3) is 3.67. The van der Waals surface area contributed by atoms with Crippen LogP contribution in [0, 0.1) is 0 Å². The molecule has 0 saturated carbocycles. The van der Waals surface area contributed by atoms with Gasteiger partial charge in [0.15, 0.2) is 0 Å². The van der Waals surface area contributed by atoms with Gasteiger partial charge in [0.05, 0.1) is 17.7 Å². The number of rotatable bonds is 6. The van der Waals surface area contributed by atoms with Gasteiger partial charge in [0.2, 0.25) is 0 Å². The smallest absolute Gasteiger partial charge is 0.138 e. The largest absolute Gasteiger partial charge is 0.492 e. The minimum Gasteiger partial charge on any atom is -0.492 e. The Labute approximate surface area is 125 Å². The van der Waals surface area contributed by atoms with Gasteiger partial charge in [-0.15, -0.1) is 0 Å². The molecule has 0 saturated heterocycles. The third-order valence-electron chi connectivity index (χ3n) is 3.18. The molecule has 0 bridgehead atoms. The Hall–Kier alpha value is -1.67. The molecule has 0 aliphatic carbocycles. The molecule has 1 atom stereocenters. The maximum atomic E-state index is 6.22. The van der Waals surface area contributed by atoms with Crippen molar-refractivity contribution in [3.05, 3.63) is 59.1 Å².